The van der Waals surface area contributed by atoms with E-state index in [1.54, 1.807) is 0 Å². The van der Waals surface area contributed by atoms with E-state index in [0.29, 0.717) is 51.2 Å². The molecule has 0 radical (unpaired) electrons. The van der Waals surface area contributed by atoms with Gasteiger partial charge in [0.15, 0.2) is 0 Å². The lowest BCUT2D eigenvalue weighted by molar-refractivity contribution is -0.145. The molecule has 2 aliphatic rings. The highest BCUT2D eigenvalue weighted by molar-refractivity contribution is 5.84. The van der Waals surface area contributed by atoms with E-state index in [4.69, 9.17) is 0 Å². The van der Waals surface area contributed by atoms with E-state index in [-0.39, 0.29) is 11.8 Å². The fourth-order valence-electron chi connectivity index (χ4n) is 4.05. The van der Waals surface area contributed by atoms with Crippen LogP contribution in [0.1, 0.15) is 56.6 Å². The van der Waals surface area contributed by atoms with Crippen LogP contribution in [0.15, 0.2) is 30.3 Å². The first-order chi connectivity index (χ1) is 12.9. The molecule has 2 aliphatic heterocycles. The number of aliphatic hydroxyl groups excluding tert-OH is 1. The maximum absolute atomic E-state index is 12.5. The van der Waals surface area contributed by atoms with Crippen molar-refractivity contribution in [2.45, 2.75) is 51.6 Å². The van der Waals surface area contributed by atoms with Gasteiger partial charge in [-0.05, 0) is 36.3 Å². The second-order valence-corrected chi connectivity index (χ2v) is 8.16. The Hall–Kier alpha value is -2.14. The van der Waals surface area contributed by atoms with E-state index in [1.165, 1.54) is 5.56 Å². The van der Waals surface area contributed by atoms with Gasteiger partial charge in [0.25, 0.3) is 0 Å². The van der Waals surface area contributed by atoms with E-state index in [2.05, 4.69) is 43.4 Å². The minimum atomic E-state index is -0.498. The zero-order chi connectivity index (χ0) is 19.4. The number of β-amino-alcohol motifs (C(OH)–C–C–N with tert-alkyl or cyclic N) is 1. The molecular formula is C22H30N2O3. The maximum atomic E-state index is 12.5. The summed E-state index contributed by atoms with van der Waals surface area (Å²) in [6.45, 7) is 5.84. The van der Waals surface area contributed by atoms with Crippen LogP contribution in [0.4, 0.5) is 0 Å². The van der Waals surface area contributed by atoms with Gasteiger partial charge in [0, 0.05) is 26.1 Å². The highest BCUT2D eigenvalue weighted by Gasteiger charge is 2.45. The molecule has 1 unspecified atom stereocenters. The topological polar surface area (TPSA) is 69.6 Å². The highest BCUT2D eigenvalue weighted by atomic mass is 16.3. The van der Waals surface area contributed by atoms with Crippen molar-refractivity contribution in [3.8, 4) is 0 Å². The summed E-state index contributed by atoms with van der Waals surface area (Å²) in [5.74, 6) is 0.640. The van der Waals surface area contributed by atoms with Crippen molar-refractivity contribution >= 4 is 17.9 Å². The second-order valence-electron chi connectivity index (χ2n) is 8.16. The van der Waals surface area contributed by atoms with Crippen molar-refractivity contribution < 1.29 is 14.7 Å². The Morgan fingerprint density at radius 1 is 1.30 bits per heavy atom. The van der Waals surface area contributed by atoms with Gasteiger partial charge < -0.3 is 15.3 Å². The third kappa shape index (κ3) is 4.59. The van der Waals surface area contributed by atoms with Crippen molar-refractivity contribution in [2.24, 2.45) is 5.41 Å². The Morgan fingerprint density at radius 2 is 1.96 bits per heavy atom. The van der Waals surface area contributed by atoms with Gasteiger partial charge >= 0.3 is 0 Å². The molecule has 0 aliphatic carbocycles. The summed E-state index contributed by atoms with van der Waals surface area (Å²) in [5, 5.41) is 12.7. The molecule has 27 heavy (non-hydrogen) atoms. The minimum absolute atomic E-state index is 0.0321. The Kier molecular flexibility index (Phi) is 6.00. The number of rotatable bonds is 4. The number of nitrogens with one attached hydrogen (secondary N) is 1. The van der Waals surface area contributed by atoms with Crippen molar-refractivity contribution in [2.75, 3.05) is 19.6 Å². The minimum Gasteiger partial charge on any atom is -0.391 e. The number of hydrogen-bond donors (Lipinski definition) is 2. The molecule has 146 valence electrons. The fourth-order valence-corrected chi connectivity index (χ4v) is 4.05. The molecule has 5 nitrogen and oxygen atoms in total. The summed E-state index contributed by atoms with van der Waals surface area (Å²) in [5.41, 5.74) is 1.91. The molecule has 2 heterocycles. The van der Waals surface area contributed by atoms with Gasteiger partial charge in [-0.1, -0.05) is 50.3 Å². The molecule has 0 aromatic heterocycles. The molecule has 1 atom stereocenters. The Balaban J connectivity index is 1.50. The molecule has 0 bridgehead atoms. The fraction of sp³-hybridized carbons (Fsp3) is 0.545. The largest absolute Gasteiger partial charge is 0.391 e. The average molecular weight is 370 g/mol. The monoisotopic (exact) mass is 370 g/mol. The predicted octanol–water partition coefficient (Wildman–Crippen LogP) is 2.70. The SMILES string of the molecule is CC(C)c1ccc(/C=C/CC(=O)N2CCC3(CC2)CC(O)CNC3=O)cc1. The van der Waals surface area contributed by atoms with Crippen LogP contribution in [-0.2, 0) is 9.59 Å². The lowest BCUT2D eigenvalue weighted by Gasteiger charge is -2.44. The molecule has 5 heteroatoms. The number of piperidine rings is 2. The third-order valence-corrected chi connectivity index (χ3v) is 5.89. The quantitative estimate of drug-likeness (QED) is 0.856. The second kappa shape index (κ2) is 8.26. The standard InChI is InChI=1S/C22H30N2O3/c1-16(2)18-8-6-17(7-9-18)4-3-5-20(26)24-12-10-22(11-13-24)14-19(25)15-23-21(22)27/h3-4,6-9,16,19,25H,5,10-15H2,1-2H3,(H,23,27)/b4-3+. The van der Waals surface area contributed by atoms with Crippen molar-refractivity contribution in [3.05, 3.63) is 41.5 Å². The number of hydrogen-bond acceptors (Lipinski definition) is 3. The summed E-state index contributed by atoms with van der Waals surface area (Å²) in [4.78, 5) is 26.6. The first-order valence-corrected chi connectivity index (χ1v) is 9.90. The molecule has 1 aromatic rings. The normalized spacial score (nSPS) is 22.4. The maximum Gasteiger partial charge on any atom is 0.226 e. The van der Waals surface area contributed by atoms with Crippen LogP contribution >= 0.6 is 0 Å². The van der Waals surface area contributed by atoms with Crippen LogP contribution in [0.2, 0.25) is 0 Å². The number of likely N-dealkylation sites (tertiary alicyclic amines) is 1. The van der Waals surface area contributed by atoms with E-state index in [9.17, 15) is 14.7 Å². The van der Waals surface area contributed by atoms with E-state index < -0.39 is 11.5 Å². The van der Waals surface area contributed by atoms with Gasteiger partial charge in [-0.3, -0.25) is 9.59 Å². The third-order valence-electron chi connectivity index (χ3n) is 5.89. The van der Waals surface area contributed by atoms with Gasteiger partial charge in [-0.25, -0.2) is 0 Å². The number of benzene rings is 1. The molecule has 1 spiro atoms. The number of carbonyl (C=O) groups is 2. The summed E-state index contributed by atoms with van der Waals surface area (Å²) in [7, 11) is 0. The van der Waals surface area contributed by atoms with Gasteiger partial charge in [0.2, 0.25) is 11.8 Å². The molecule has 2 saturated heterocycles. The number of amides is 2. The van der Waals surface area contributed by atoms with Crippen LogP contribution in [-0.4, -0.2) is 47.6 Å². The predicted molar refractivity (Wildman–Crippen MR) is 106 cm³/mol. The zero-order valence-corrected chi connectivity index (χ0v) is 16.3. The summed E-state index contributed by atoms with van der Waals surface area (Å²) in [6, 6.07) is 8.40. The molecule has 2 amide bonds. The smallest absolute Gasteiger partial charge is 0.226 e. The van der Waals surface area contributed by atoms with Crippen LogP contribution in [0.25, 0.3) is 6.08 Å². The molecular weight excluding hydrogens is 340 g/mol. The van der Waals surface area contributed by atoms with Crippen molar-refractivity contribution in [3.63, 3.8) is 0 Å². The van der Waals surface area contributed by atoms with Crippen LogP contribution in [0, 0.1) is 5.41 Å². The number of nitrogens with zero attached hydrogens (tertiary/aromatic N) is 1. The molecule has 0 saturated carbocycles. The molecule has 3 rings (SSSR count). The van der Waals surface area contributed by atoms with Gasteiger partial charge in [0.05, 0.1) is 11.5 Å². The van der Waals surface area contributed by atoms with Crippen LogP contribution in [0.5, 0.6) is 0 Å². The summed E-state index contributed by atoms with van der Waals surface area (Å²) >= 11 is 0. The van der Waals surface area contributed by atoms with Gasteiger partial charge in [-0.15, -0.1) is 0 Å². The number of carbonyl (C=O) groups excluding carboxylic acids is 2. The Morgan fingerprint density at radius 3 is 2.59 bits per heavy atom. The molecule has 1 aromatic carbocycles. The van der Waals surface area contributed by atoms with Gasteiger partial charge in [-0.2, -0.15) is 0 Å². The lowest BCUT2D eigenvalue weighted by Crippen LogP contribution is -2.56. The first-order valence-electron chi connectivity index (χ1n) is 9.90. The van der Waals surface area contributed by atoms with Crippen LogP contribution in [0.3, 0.4) is 0 Å². The van der Waals surface area contributed by atoms with Gasteiger partial charge in [0.1, 0.15) is 0 Å². The zero-order valence-electron chi connectivity index (χ0n) is 16.3. The average Bonchev–Trinajstić information content (AvgIpc) is 2.66. The van der Waals surface area contributed by atoms with E-state index in [0.717, 1.165) is 5.56 Å². The summed E-state index contributed by atoms with van der Waals surface area (Å²) in [6.07, 6.45) is 5.55. The Labute approximate surface area is 161 Å². The lowest BCUT2D eigenvalue weighted by atomic mass is 9.71. The first kappa shape index (κ1) is 19.6. The van der Waals surface area contributed by atoms with Crippen molar-refractivity contribution in [1.29, 1.82) is 0 Å². The van der Waals surface area contributed by atoms with E-state index in [1.807, 2.05) is 17.1 Å². The highest BCUT2D eigenvalue weighted by Crippen LogP contribution is 2.38. The summed E-state index contributed by atoms with van der Waals surface area (Å²) < 4.78 is 0. The Bertz CT molecular complexity index is 701. The molecule has 2 N–H and O–H groups in total. The van der Waals surface area contributed by atoms with Crippen LogP contribution < -0.4 is 5.32 Å². The molecule has 2 fully saturated rings. The number of aliphatic hydroxyl groups is 1. The van der Waals surface area contributed by atoms with E-state index >= 15 is 0 Å². The van der Waals surface area contributed by atoms with Crippen molar-refractivity contribution in [1.82, 2.24) is 10.2 Å².